The van der Waals surface area contributed by atoms with Gasteiger partial charge in [-0.05, 0) is 99.1 Å². The molecule has 1 saturated heterocycles. The summed E-state index contributed by atoms with van der Waals surface area (Å²) in [6, 6.07) is 14.2. The van der Waals surface area contributed by atoms with Gasteiger partial charge in [0.15, 0.2) is 5.17 Å². The van der Waals surface area contributed by atoms with Crippen molar-refractivity contribution in [1.82, 2.24) is 4.90 Å². The van der Waals surface area contributed by atoms with Gasteiger partial charge in [-0.3, -0.25) is 14.7 Å². The molecule has 1 amide bonds. The molecule has 0 atom stereocenters. The van der Waals surface area contributed by atoms with Gasteiger partial charge in [-0.2, -0.15) is 5.26 Å². The predicted molar refractivity (Wildman–Crippen MR) is 161 cm³/mol. The average Bonchev–Trinajstić information content (AvgIpc) is 3.23. The third kappa shape index (κ3) is 6.38. The third-order valence-electron chi connectivity index (χ3n) is 7.47. The predicted octanol–water partition coefficient (Wildman–Crippen LogP) is 8.60. The number of thioether (sulfide) groups is 1. The second-order valence-corrected chi connectivity index (χ2v) is 12.9. The van der Waals surface area contributed by atoms with Crippen molar-refractivity contribution in [1.29, 1.82) is 5.26 Å². The van der Waals surface area contributed by atoms with E-state index in [9.17, 15) is 10.1 Å². The Kier molecular flexibility index (Phi) is 9.29. The molecule has 0 N–H and O–H groups in total. The van der Waals surface area contributed by atoms with Crippen LogP contribution in [0.1, 0.15) is 80.9 Å². The smallest absolute Gasteiger partial charge is 0.266 e. The number of hydrogen-bond acceptors (Lipinski definition) is 5. The van der Waals surface area contributed by atoms with Gasteiger partial charge in [0.2, 0.25) is 0 Å². The van der Waals surface area contributed by atoms with E-state index in [1.807, 2.05) is 41.3 Å². The zero-order valence-corrected chi connectivity index (χ0v) is 25.3. The van der Waals surface area contributed by atoms with Gasteiger partial charge in [-0.15, -0.1) is 0 Å². The Hall–Kier alpha value is -2.08. The number of aliphatic imine (C=N–C) groups is 1. The molecule has 1 aliphatic heterocycles. The van der Waals surface area contributed by atoms with E-state index in [2.05, 4.69) is 37.9 Å². The molecule has 2 saturated carbocycles. The number of carbonyl (C=O) groups is 1. The van der Waals surface area contributed by atoms with Crippen molar-refractivity contribution in [2.75, 3.05) is 0 Å². The van der Waals surface area contributed by atoms with Crippen molar-refractivity contribution in [2.24, 2.45) is 4.99 Å². The summed E-state index contributed by atoms with van der Waals surface area (Å²) < 4.78 is 7.64. The lowest BCUT2D eigenvalue weighted by Crippen LogP contribution is -2.41. The van der Waals surface area contributed by atoms with E-state index in [0.717, 1.165) is 55.8 Å². The van der Waals surface area contributed by atoms with Crippen molar-refractivity contribution in [3.05, 3.63) is 66.9 Å². The van der Waals surface area contributed by atoms with Crippen molar-refractivity contribution in [2.45, 2.75) is 82.9 Å². The first-order valence-corrected chi connectivity index (χ1v) is 15.8. The minimum atomic E-state index is 0.0807. The van der Waals surface area contributed by atoms with Crippen LogP contribution in [0.5, 0.6) is 5.75 Å². The zero-order valence-electron chi connectivity index (χ0n) is 21.3. The maximum atomic E-state index is 13.7. The molecule has 3 fully saturated rings. The van der Waals surface area contributed by atoms with Crippen LogP contribution in [0.2, 0.25) is 0 Å². The summed E-state index contributed by atoms with van der Waals surface area (Å²) in [5.74, 6) is 0.741. The Balaban J connectivity index is 1.38. The molecule has 2 aromatic rings. The van der Waals surface area contributed by atoms with Crippen molar-refractivity contribution in [3.63, 3.8) is 0 Å². The summed E-state index contributed by atoms with van der Waals surface area (Å²) in [4.78, 5) is 21.6. The molecular formula is C30H31Br2N3O2S. The maximum absolute atomic E-state index is 13.7. The van der Waals surface area contributed by atoms with Crippen LogP contribution < -0.4 is 4.74 Å². The Bertz CT molecular complexity index is 1270. The van der Waals surface area contributed by atoms with Crippen LogP contribution in [-0.4, -0.2) is 28.1 Å². The number of ether oxygens (including phenoxy) is 1. The SMILES string of the molecule is N#Cc1ccccc1COc1c(Br)cc(C=C2SC(=NC3CCCCC3)N(C3CCCCC3)C2=O)cc1Br. The molecule has 0 spiro atoms. The number of halogens is 2. The van der Waals surface area contributed by atoms with Crippen LogP contribution in [0.15, 0.2) is 55.2 Å². The molecule has 0 aromatic heterocycles. The lowest BCUT2D eigenvalue weighted by Gasteiger charge is -2.31. The molecular weight excluding hydrogens is 626 g/mol. The zero-order chi connectivity index (χ0) is 26.5. The molecule has 0 unspecified atom stereocenters. The minimum absolute atomic E-state index is 0.0807. The molecule has 8 heteroatoms. The standard InChI is InChI=1S/C30H31Br2N3O2S/c31-25-15-20(16-26(32)28(25)37-19-22-10-8-7-9-21(22)18-33)17-27-29(36)35(24-13-5-2-6-14-24)30(38-27)34-23-11-3-1-4-12-23/h7-10,15-17,23-24H,1-6,11-14,19H2. The third-order valence-corrected chi connectivity index (χ3v) is 9.65. The maximum Gasteiger partial charge on any atom is 0.266 e. The summed E-state index contributed by atoms with van der Waals surface area (Å²) in [5.41, 5.74) is 2.35. The van der Waals surface area contributed by atoms with Gasteiger partial charge in [-0.25, -0.2) is 0 Å². The Labute approximate surface area is 246 Å². The number of benzene rings is 2. The highest BCUT2D eigenvalue weighted by molar-refractivity contribution is 9.11. The number of amidine groups is 1. The van der Waals surface area contributed by atoms with Crippen molar-refractivity contribution < 1.29 is 9.53 Å². The quantitative estimate of drug-likeness (QED) is 0.292. The van der Waals surface area contributed by atoms with E-state index in [1.54, 1.807) is 6.07 Å². The normalized spacial score (nSPS) is 21.3. The van der Waals surface area contributed by atoms with E-state index in [1.165, 1.54) is 50.3 Å². The molecule has 0 bridgehead atoms. The fourth-order valence-corrected chi connectivity index (χ4v) is 8.02. The molecule has 5 nitrogen and oxygen atoms in total. The molecule has 3 aliphatic rings. The Morgan fingerprint density at radius 2 is 1.68 bits per heavy atom. The van der Waals surface area contributed by atoms with Crippen LogP contribution in [-0.2, 0) is 11.4 Å². The van der Waals surface area contributed by atoms with Crippen LogP contribution >= 0.6 is 43.6 Å². The van der Waals surface area contributed by atoms with Crippen LogP contribution in [0.4, 0.5) is 0 Å². The topological polar surface area (TPSA) is 65.7 Å². The fraction of sp³-hybridized carbons (Fsp3) is 0.433. The first kappa shape index (κ1) is 27.5. The van der Waals surface area contributed by atoms with Crippen LogP contribution in [0, 0.1) is 11.3 Å². The van der Waals surface area contributed by atoms with Gasteiger partial charge >= 0.3 is 0 Å². The molecule has 38 heavy (non-hydrogen) atoms. The number of amides is 1. The summed E-state index contributed by atoms with van der Waals surface area (Å²) in [6.45, 7) is 0.285. The number of nitrogens with zero attached hydrogens (tertiary/aromatic N) is 3. The highest BCUT2D eigenvalue weighted by Crippen LogP contribution is 2.40. The Morgan fingerprint density at radius 1 is 1.03 bits per heavy atom. The van der Waals surface area contributed by atoms with Gasteiger partial charge in [0, 0.05) is 11.6 Å². The number of carbonyl (C=O) groups excluding carboxylic acids is 1. The molecule has 0 radical (unpaired) electrons. The highest BCUT2D eigenvalue weighted by Gasteiger charge is 2.39. The second kappa shape index (κ2) is 12.8. The minimum Gasteiger partial charge on any atom is -0.486 e. The second-order valence-electron chi connectivity index (χ2n) is 10.2. The summed E-state index contributed by atoms with van der Waals surface area (Å²) in [7, 11) is 0. The monoisotopic (exact) mass is 655 g/mol. The van der Waals surface area contributed by atoms with E-state index in [0.29, 0.717) is 17.4 Å². The van der Waals surface area contributed by atoms with E-state index in [4.69, 9.17) is 9.73 Å². The lowest BCUT2D eigenvalue weighted by atomic mass is 9.94. The first-order valence-electron chi connectivity index (χ1n) is 13.4. The summed E-state index contributed by atoms with van der Waals surface area (Å²) in [5, 5.41) is 10.3. The number of rotatable bonds is 6. The van der Waals surface area contributed by atoms with Gasteiger partial charge in [0.1, 0.15) is 12.4 Å². The molecule has 2 aromatic carbocycles. The summed E-state index contributed by atoms with van der Waals surface area (Å²) >= 11 is 8.83. The molecule has 198 valence electrons. The van der Waals surface area contributed by atoms with Crippen molar-refractivity contribution in [3.8, 4) is 11.8 Å². The van der Waals surface area contributed by atoms with Gasteiger partial charge in [0.25, 0.3) is 5.91 Å². The fourth-order valence-electron chi connectivity index (χ4n) is 5.46. The summed E-state index contributed by atoms with van der Waals surface area (Å²) in [6.07, 6.45) is 13.7. The number of hydrogen-bond donors (Lipinski definition) is 0. The van der Waals surface area contributed by atoms with Crippen LogP contribution in [0.25, 0.3) is 6.08 Å². The largest absolute Gasteiger partial charge is 0.486 e. The van der Waals surface area contributed by atoms with Gasteiger partial charge in [-0.1, -0.05) is 56.7 Å². The van der Waals surface area contributed by atoms with Crippen molar-refractivity contribution >= 4 is 60.8 Å². The lowest BCUT2D eigenvalue weighted by molar-refractivity contribution is -0.124. The first-order chi connectivity index (χ1) is 18.5. The van der Waals surface area contributed by atoms with E-state index >= 15 is 0 Å². The molecule has 5 rings (SSSR count). The molecule has 2 aliphatic carbocycles. The van der Waals surface area contributed by atoms with Gasteiger partial charge < -0.3 is 4.74 Å². The number of nitriles is 1. The van der Waals surface area contributed by atoms with E-state index < -0.39 is 0 Å². The highest BCUT2D eigenvalue weighted by atomic mass is 79.9. The average molecular weight is 657 g/mol. The van der Waals surface area contributed by atoms with Crippen LogP contribution in [0.3, 0.4) is 0 Å². The molecule has 1 heterocycles. The Morgan fingerprint density at radius 3 is 2.37 bits per heavy atom. The van der Waals surface area contributed by atoms with E-state index in [-0.39, 0.29) is 18.6 Å². The van der Waals surface area contributed by atoms with Gasteiger partial charge in [0.05, 0.1) is 31.5 Å².